The summed E-state index contributed by atoms with van der Waals surface area (Å²) in [7, 11) is -4.38. The highest BCUT2D eigenvalue weighted by molar-refractivity contribution is 7.47. The Labute approximate surface area is 305 Å². The molecule has 290 valence electrons. The molecular weight excluding hydrogens is 653 g/mol. The Morgan fingerprint density at radius 1 is 0.620 bits per heavy atom. The normalized spacial score (nSPS) is 13.9. The van der Waals surface area contributed by atoms with Gasteiger partial charge < -0.3 is 20.1 Å². The summed E-state index contributed by atoms with van der Waals surface area (Å²) < 4.78 is 32.6. The van der Waals surface area contributed by atoms with E-state index in [4.69, 9.17) is 24.3 Å². The Balaban J connectivity index is 4.28. The van der Waals surface area contributed by atoms with Gasteiger partial charge in [0, 0.05) is 19.4 Å². The molecule has 0 bridgehead atoms. The minimum Gasteiger partial charge on any atom is -0.462 e. The molecule has 0 saturated heterocycles. The smallest absolute Gasteiger partial charge is 0.462 e. The Morgan fingerprint density at radius 3 is 1.64 bits per heavy atom. The van der Waals surface area contributed by atoms with Gasteiger partial charge in [-0.3, -0.25) is 18.6 Å². The van der Waals surface area contributed by atoms with Gasteiger partial charge in [0.05, 0.1) is 13.2 Å². The first-order valence-corrected chi connectivity index (χ1v) is 21.1. The fraction of sp³-hybridized carbons (Fsp3) is 0.750. The van der Waals surface area contributed by atoms with Crippen LogP contribution < -0.4 is 5.73 Å². The van der Waals surface area contributed by atoms with Gasteiger partial charge >= 0.3 is 19.8 Å². The van der Waals surface area contributed by atoms with Crippen LogP contribution in [0.4, 0.5) is 0 Å². The van der Waals surface area contributed by atoms with E-state index in [-0.39, 0.29) is 32.6 Å². The summed E-state index contributed by atoms with van der Waals surface area (Å²) in [4.78, 5) is 34.7. The fourth-order valence-electron chi connectivity index (χ4n) is 5.09. The first-order valence-electron chi connectivity index (χ1n) is 19.6. The fourth-order valence-corrected chi connectivity index (χ4v) is 5.86. The van der Waals surface area contributed by atoms with E-state index in [1.54, 1.807) is 0 Å². The molecule has 0 aliphatic heterocycles. The summed E-state index contributed by atoms with van der Waals surface area (Å²) in [6.45, 7) is 3.56. The van der Waals surface area contributed by atoms with E-state index >= 15 is 0 Å². The zero-order valence-corrected chi connectivity index (χ0v) is 32.5. The molecule has 9 nitrogen and oxygen atoms in total. The molecule has 0 aromatic rings. The predicted molar refractivity (Wildman–Crippen MR) is 206 cm³/mol. The number of carbonyl (C=O) groups is 2. The first-order chi connectivity index (χ1) is 24.3. The highest BCUT2D eigenvalue weighted by Crippen LogP contribution is 2.43. The van der Waals surface area contributed by atoms with E-state index < -0.39 is 32.5 Å². The third-order valence-corrected chi connectivity index (χ3v) is 8.96. The molecular formula is C40H72NO8P. The molecule has 0 amide bonds. The maximum Gasteiger partial charge on any atom is 0.472 e. The third kappa shape index (κ3) is 35.8. The van der Waals surface area contributed by atoms with Crippen LogP contribution in [0.25, 0.3) is 0 Å². The number of unbranched alkanes of at least 4 members (excludes halogenated alkanes) is 15. The van der Waals surface area contributed by atoms with Crippen molar-refractivity contribution >= 4 is 19.8 Å². The number of ether oxygens (including phenoxy) is 2. The summed E-state index contributed by atoms with van der Waals surface area (Å²) in [6.07, 6.45) is 40.0. The lowest BCUT2D eigenvalue weighted by molar-refractivity contribution is -0.161. The van der Waals surface area contributed by atoms with Crippen molar-refractivity contribution in [1.29, 1.82) is 0 Å². The lowest BCUT2D eigenvalue weighted by Gasteiger charge is -2.19. The van der Waals surface area contributed by atoms with E-state index in [1.165, 1.54) is 64.2 Å². The molecule has 1 unspecified atom stereocenters. The van der Waals surface area contributed by atoms with Crippen LogP contribution in [0.3, 0.4) is 0 Å². The van der Waals surface area contributed by atoms with E-state index in [2.05, 4.69) is 62.5 Å². The van der Waals surface area contributed by atoms with Crippen LogP contribution in [0.5, 0.6) is 0 Å². The van der Waals surface area contributed by atoms with Gasteiger partial charge in [0.25, 0.3) is 0 Å². The lowest BCUT2D eigenvalue weighted by atomic mass is 10.0. The SMILES string of the molecule is CC/C=C\C/C=C\C/C=C\C/C=C\CCCCC(=O)OC[C@H](COP(=O)(O)OCCN)OC(=O)CCCCCCCCCCCCCCCC. The van der Waals surface area contributed by atoms with Crippen molar-refractivity contribution in [3.05, 3.63) is 48.6 Å². The standard InChI is InChI=1S/C40H72NO8P/c1-3-5-7-9-11-13-15-17-19-21-22-24-26-28-30-32-39(42)46-36-38(37-48-50(44,45)47-35-34-41)49-40(43)33-31-29-27-25-23-20-18-16-14-12-10-8-6-4-2/h5,7,11,13,17,19,22,24,38H,3-4,6,8-10,12,14-16,18,20-21,23,25-37,41H2,1-2H3,(H,44,45)/b7-5-,13-11-,19-17-,24-22-/t38-/m1/s1. The number of phosphoric ester groups is 1. The predicted octanol–water partition coefficient (Wildman–Crippen LogP) is 10.8. The number of nitrogens with two attached hydrogens (primary N) is 1. The second-order valence-corrected chi connectivity index (χ2v) is 14.2. The first kappa shape index (κ1) is 48.0. The summed E-state index contributed by atoms with van der Waals surface area (Å²) in [5.74, 6) is -0.878. The second kappa shape index (κ2) is 36.8. The Bertz CT molecular complexity index is 965. The molecule has 0 aliphatic rings. The van der Waals surface area contributed by atoms with Gasteiger partial charge in [0.15, 0.2) is 6.10 Å². The minimum absolute atomic E-state index is 0.0470. The monoisotopic (exact) mass is 725 g/mol. The van der Waals surface area contributed by atoms with Gasteiger partial charge in [0.2, 0.25) is 0 Å². The van der Waals surface area contributed by atoms with Crippen molar-refractivity contribution in [2.24, 2.45) is 5.73 Å². The summed E-state index contributed by atoms with van der Waals surface area (Å²) in [5.41, 5.74) is 5.33. The average molecular weight is 726 g/mol. The molecule has 50 heavy (non-hydrogen) atoms. The number of esters is 2. The largest absolute Gasteiger partial charge is 0.472 e. The third-order valence-electron chi connectivity index (χ3n) is 7.98. The maximum absolute atomic E-state index is 12.5. The summed E-state index contributed by atoms with van der Waals surface area (Å²) in [5, 5.41) is 0. The van der Waals surface area contributed by atoms with Crippen molar-refractivity contribution in [1.82, 2.24) is 0 Å². The average Bonchev–Trinajstić information content (AvgIpc) is 3.10. The van der Waals surface area contributed by atoms with Gasteiger partial charge in [-0.25, -0.2) is 4.57 Å². The molecule has 2 atom stereocenters. The Morgan fingerprint density at radius 2 is 1.10 bits per heavy atom. The van der Waals surface area contributed by atoms with Crippen molar-refractivity contribution in [2.75, 3.05) is 26.4 Å². The van der Waals surface area contributed by atoms with Crippen molar-refractivity contribution < 1.29 is 37.6 Å². The van der Waals surface area contributed by atoms with Crippen LogP contribution in [-0.2, 0) is 32.7 Å². The molecule has 0 aromatic heterocycles. The highest BCUT2D eigenvalue weighted by Gasteiger charge is 2.25. The molecule has 10 heteroatoms. The Hall–Kier alpha value is -2.03. The maximum atomic E-state index is 12.5. The van der Waals surface area contributed by atoms with E-state index in [0.717, 1.165) is 57.8 Å². The van der Waals surface area contributed by atoms with Gasteiger partial charge in [-0.1, -0.05) is 146 Å². The van der Waals surface area contributed by atoms with Gasteiger partial charge in [0.1, 0.15) is 6.61 Å². The van der Waals surface area contributed by atoms with Gasteiger partial charge in [-0.15, -0.1) is 0 Å². The van der Waals surface area contributed by atoms with Crippen LogP contribution in [0.1, 0.15) is 162 Å². The number of rotatable bonds is 36. The van der Waals surface area contributed by atoms with Crippen molar-refractivity contribution in [2.45, 2.75) is 168 Å². The molecule has 0 spiro atoms. The molecule has 0 aromatic carbocycles. The second-order valence-electron chi connectivity index (χ2n) is 12.8. The summed E-state index contributed by atoms with van der Waals surface area (Å²) >= 11 is 0. The zero-order valence-electron chi connectivity index (χ0n) is 31.6. The number of carbonyl (C=O) groups excluding carboxylic acids is 2. The molecule has 0 rings (SSSR count). The Kier molecular flexibility index (Phi) is 35.3. The van der Waals surface area contributed by atoms with E-state index in [1.807, 2.05) is 0 Å². The van der Waals surface area contributed by atoms with Crippen molar-refractivity contribution in [3.63, 3.8) is 0 Å². The number of hydrogen-bond acceptors (Lipinski definition) is 8. The molecule has 0 fully saturated rings. The van der Waals surface area contributed by atoms with Crippen LogP contribution in [-0.4, -0.2) is 49.3 Å². The van der Waals surface area contributed by atoms with Gasteiger partial charge in [-0.2, -0.15) is 0 Å². The quantitative estimate of drug-likeness (QED) is 0.0280. The number of allylic oxidation sites excluding steroid dienone is 8. The van der Waals surface area contributed by atoms with Crippen LogP contribution in [0, 0.1) is 0 Å². The van der Waals surface area contributed by atoms with E-state index in [0.29, 0.717) is 12.8 Å². The molecule has 0 heterocycles. The van der Waals surface area contributed by atoms with Crippen LogP contribution in [0.15, 0.2) is 48.6 Å². The molecule has 0 aliphatic carbocycles. The topological polar surface area (TPSA) is 134 Å². The molecule has 0 saturated carbocycles. The van der Waals surface area contributed by atoms with Crippen LogP contribution in [0.2, 0.25) is 0 Å². The van der Waals surface area contributed by atoms with Crippen molar-refractivity contribution in [3.8, 4) is 0 Å². The zero-order chi connectivity index (χ0) is 36.8. The lowest BCUT2D eigenvalue weighted by Crippen LogP contribution is -2.29. The van der Waals surface area contributed by atoms with E-state index in [9.17, 15) is 19.0 Å². The number of phosphoric acid groups is 1. The number of hydrogen-bond donors (Lipinski definition) is 2. The molecule has 0 radical (unpaired) electrons. The molecule has 3 N–H and O–H groups in total. The van der Waals surface area contributed by atoms with Crippen LogP contribution >= 0.6 is 7.82 Å². The minimum atomic E-state index is -4.38. The highest BCUT2D eigenvalue weighted by atomic mass is 31.2. The van der Waals surface area contributed by atoms with Gasteiger partial charge in [-0.05, 0) is 51.4 Å². The summed E-state index contributed by atoms with van der Waals surface area (Å²) in [6, 6.07) is 0.